The summed E-state index contributed by atoms with van der Waals surface area (Å²) in [7, 11) is 0. The van der Waals surface area contributed by atoms with Crippen LogP contribution in [0.1, 0.15) is 25.0 Å². The van der Waals surface area contributed by atoms with E-state index in [2.05, 4.69) is 21.4 Å². The molecule has 1 aliphatic rings. The van der Waals surface area contributed by atoms with Crippen molar-refractivity contribution in [3.63, 3.8) is 0 Å². The summed E-state index contributed by atoms with van der Waals surface area (Å²) in [5.74, 6) is 0.931. The van der Waals surface area contributed by atoms with Crippen molar-refractivity contribution in [1.82, 2.24) is 9.55 Å². The van der Waals surface area contributed by atoms with Crippen molar-refractivity contribution < 1.29 is 4.74 Å². The topological polar surface area (TPSA) is 39.1 Å². The van der Waals surface area contributed by atoms with Gasteiger partial charge in [-0.3, -0.25) is 0 Å². The van der Waals surface area contributed by atoms with E-state index >= 15 is 0 Å². The number of hydrogen-bond acceptors (Lipinski definition) is 3. The van der Waals surface area contributed by atoms with Gasteiger partial charge >= 0.3 is 0 Å². The van der Waals surface area contributed by atoms with Crippen molar-refractivity contribution in [1.29, 1.82) is 0 Å². The monoisotopic (exact) mass is 235 g/mol. The lowest BCUT2D eigenvalue weighted by Gasteiger charge is -2.11. The molecule has 94 valence electrons. The average Bonchev–Trinajstić information content (AvgIpc) is 2.90. The van der Waals surface area contributed by atoms with E-state index in [-0.39, 0.29) is 0 Å². The van der Waals surface area contributed by atoms with Crippen molar-refractivity contribution in [2.24, 2.45) is 0 Å². The van der Waals surface area contributed by atoms with Crippen molar-refractivity contribution >= 4 is 5.95 Å². The summed E-state index contributed by atoms with van der Waals surface area (Å²) in [6.07, 6.45) is 7.81. The predicted molar refractivity (Wildman–Crippen MR) is 69.2 cm³/mol. The SMILES string of the molecule is C=CCn1cc(C)nc1NCCC1CCCO1. The van der Waals surface area contributed by atoms with E-state index in [1.807, 2.05) is 19.2 Å². The highest BCUT2D eigenvalue weighted by Crippen LogP contribution is 2.15. The molecule has 1 saturated heterocycles. The molecule has 0 spiro atoms. The van der Waals surface area contributed by atoms with Crippen LogP contribution in [-0.2, 0) is 11.3 Å². The molecule has 1 aliphatic heterocycles. The Balaban J connectivity index is 1.82. The van der Waals surface area contributed by atoms with Gasteiger partial charge in [-0.1, -0.05) is 6.08 Å². The molecular weight excluding hydrogens is 214 g/mol. The van der Waals surface area contributed by atoms with E-state index in [0.29, 0.717) is 6.10 Å². The Bertz CT molecular complexity index is 367. The van der Waals surface area contributed by atoms with Gasteiger partial charge in [0.1, 0.15) is 0 Å². The minimum atomic E-state index is 0.436. The van der Waals surface area contributed by atoms with Gasteiger partial charge < -0.3 is 14.6 Å². The molecule has 0 radical (unpaired) electrons. The van der Waals surface area contributed by atoms with Crippen molar-refractivity contribution in [2.75, 3.05) is 18.5 Å². The van der Waals surface area contributed by atoms with Crippen molar-refractivity contribution in [2.45, 2.75) is 38.8 Å². The summed E-state index contributed by atoms with van der Waals surface area (Å²) in [5, 5.41) is 3.37. The summed E-state index contributed by atoms with van der Waals surface area (Å²) < 4.78 is 7.67. The third kappa shape index (κ3) is 3.33. The maximum absolute atomic E-state index is 5.59. The summed E-state index contributed by atoms with van der Waals surface area (Å²) >= 11 is 0. The first-order chi connectivity index (χ1) is 8.29. The maximum atomic E-state index is 5.59. The van der Waals surface area contributed by atoms with Gasteiger partial charge in [0.2, 0.25) is 5.95 Å². The van der Waals surface area contributed by atoms with Crippen LogP contribution in [0, 0.1) is 6.92 Å². The molecule has 1 unspecified atom stereocenters. The Hall–Kier alpha value is -1.29. The predicted octanol–water partition coefficient (Wildman–Crippen LogP) is 2.36. The molecule has 0 aliphatic carbocycles. The number of nitrogens with zero attached hydrogens (tertiary/aromatic N) is 2. The van der Waals surface area contributed by atoms with Gasteiger partial charge in [0.15, 0.2) is 0 Å². The first-order valence-corrected chi connectivity index (χ1v) is 6.29. The molecule has 2 rings (SSSR count). The Morgan fingerprint density at radius 2 is 2.59 bits per heavy atom. The Morgan fingerprint density at radius 3 is 3.29 bits per heavy atom. The second-order valence-electron chi connectivity index (χ2n) is 4.50. The van der Waals surface area contributed by atoms with Gasteiger partial charge in [-0.25, -0.2) is 4.98 Å². The largest absolute Gasteiger partial charge is 0.378 e. The van der Waals surface area contributed by atoms with Gasteiger partial charge in [0.05, 0.1) is 11.8 Å². The quantitative estimate of drug-likeness (QED) is 0.769. The smallest absolute Gasteiger partial charge is 0.203 e. The summed E-state index contributed by atoms with van der Waals surface area (Å²) in [6, 6.07) is 0. The van der Waals surface area contributed by atoms with Crippen LogP contribution in [0.4, 0.5) is 5.95 Å². The van der Waals surface area contributed by atoms with E-state index in [0.717, 1.165) is 37.8 Å². The summed E-state index contributed by atoms with van der Waals surface area (Å²) in [5.41, 5.74) is 1.03. The average molecular weight is 235 g/mol. The highest BCUT2D eigenvalue weighted by atomic mass is 16.5. The zero-order valence-corrected chi connectivity index (χ0v) is 10.5. The molecule has 1 aromatic heterocycles. The summed E-state index contributed by atoms with van der Waals surface area (Å²) in [4.78, 5) is 4.46. The summed E-state index contributed by atoms with van der Waals surface area (Å²) in [6.45, 7) is 8.39. The third-order valence-electron chi connectivity index (χ3n) is 3.00. The standard InChI is InChI=1S/C13H21N3O/c1-3-8-16-10-11(2)15-13(16)14-7-6-12-5-4-9-17-12/h3,10,12H,1,4-9H2,2H3,(H,14,15). The van der Waals surface area contributed by atoms with E-state index < -0.39 is 0 Å². The third-order valence-corrected chi connectivity index (χ3v) is 3.00. The highest BCUT2D eigenvalue weighted by molar-refractivity contribution is 5.29. The molecule has 17 heavy (non-hydrogen) atoms. The molecule has 2 heterocycles. The van der Waals surface area contributed by atoms with Crippen LogP contribution in [0.25, 0.3) is 0 Å². The van der Waals surface area contributed by atoms with Gasteiger partial charge in [-0.05, 0) is 26.2 Å². The number of aromatic nitrogens is 2. The van der Waals surface area contributed by atoms with Crippen LogP contribution in [-0.4, -0.2) is 28.8 Å². The molecule has 0 saturated carbocycles. The Labute approximate surface area is 103 Å². The fourth-order valence-corrected chi connectivity index (χ4v) is 2.18. The van der Waals surface area contributed by atoms with E-state index in [9.17, 15) is 0 Å². The van der Waals surface area contributed by atoms with Gasteiger partial charge in [-0.2, -0.15) is 0 Å². The first kappa shape index (κ1) is 12.2. The molecule has 1 N–H and O–H groups in total. The number of nitrogens with one attached hydrogen (secondary N) is 1. The minimum absolute atomic E-state index is 0.436. The van der Waals surface area contributed by atoms with E-state index in [1.165, 1.54) is 12.8 Å². The number of aryl methyl sites for hydroxylation is 1. The van der Waals surface area contributed by atoms with Crippen LogP contribution in [0.15, 0.2) is 18.9 Å². The number of ether oxygens (including phenoxy) is 1. The highest BCUT2D eigenvalue weighted by Gasteiger charge is 2.15. The van der Waals surface area contributed by atoms with Gasteiger partial charge in [0, 0.05) is 25.9 Å². The molecule has 1 atom stereocenters. The minimum Gasteiger partial charge on any atom is -0.378 e. The van der Waals surface area contributed by atoms with Crippen molar-refractivity contribution in [3.8, 4) is 0 Å². The maximum Gasteiger partial charge on any atom is 0.203 e. The van der Waals surface area contributed by atoms with Gasteiger partial charge in [0.25, 0.3) is 0 Å². The lowest BCUT2D eigenvalue weighted by molar-refractivity contribution is 0.107. The van der Waals surface area contributed by atoms with Crippen LogP contribution < -0.4 is 5.32 Å². The van der Waals surface area contributed by atoms with E-state index in [4.69, 9.17) is 4.74 Å². The molecule has 0 aromatic carbocycles. The number of allylic oxidation sites excluding steroid dienone is 1. The Kier molecular flexibility index (Phi) is 4.20. The van der Waals surface area contributed by atoms with Crippen LogP contribution in [0.3, 0.4) is 0 Å². The fraction of sp³-hybridized carbons (Fsp3) is 0.615. The second-order valence-corrected chi connectivity index (χ2v) is 4.50. The fourth-order valence-electron chi connectivity index (χ4n) is 2.18. The molecule has 1 aromatic rings. The molecule has 1 fully saturated rings. The molecule has 4 nitrogen and oxygen atoms in total. The Morgan fingerprint density at radius 1 is 1.71 bits per heavy atom. The molecule has 0 bridgehead atoms. The number of hydrogen-bond donors (Lipinski definition) is 1. The first-order valence-electron chi connectivity index (χ1n) is 6.29. The lowest BCUT2D eigenvalue weighted by Crippen LogP contribution is -2.14. The van der Waals surface area contributed by atoms with Crippen LogP contribution >= 0.6 is 0 Å². The van der Waals surface area contributed by atoms with Gasteiger partial charge in [-0.15, -0.1) is 6.58 Å². The van der Waals surface area contributed by atoms with E-state index in [1.54, 1.807) is 0 Å². The molecule has 0 amide bonds. The molecular formula is C13H21N3O. The van der Waals surface area contributed by atoms with Crippen molar-refractivity contribution in [3.05, 3.63) is 24.5 Å². The zero-order chi connectivity index (χ0) is 12.1. The zero-order valence-electron chi connectivity index (χ0n) is 10.5. The van der Waals surface area contributed by atoms with Crippen LogP contribution in [0.5, 0.6) is 0 Å². The number of imidazole rings is 1. The normalized spacial score (nSPS) is 19.5. The second kappa shape index (κ2) is 5.87. The lowest BCUT2D eigenvalue weighted by atomic mass is 10.2. The molecule has 4 heteroatoms. The van der Waals surface area contributed by atoms with Crippen LogP contribution in [0.2, 0.25) is 0 Å². The number of rotatable bonds is 6. The number of anilines is 1.